The largest absolute Gasteiger partial charge is 0.466 e. The lowest BCUT2D eigenvalue weighted by atomic mass is 10.1. The van der Waals surface area contributed by atoms with Crippen LogP contribution in [0.4, 0.5) is 0 Å². The molecule has 4 heteroatoms. The highest BCUT2D eigenvalue weighted by molar-refractivity contribution is 5.69. The van der Waals surface area contributed by atoms with Crippen LogP contribution in [0.1, 0.15) is 162 Å². The van der Waals surface area contributed by atoms with Gasteiger partial charge in [0.1, 0.15) is 0 Å². The molecule has 0 bridgehead atoms. The SMILES string of the molecule is CCCCCCCCCCC#CCOC(=O)CCCCCCCCC(=O)OCCCCCCCC. The van der Waals surface area contributed by atoms with Gasteiger partial charge in [-0.3, -0.25) is 9.59 Å². The lowest BCUT2D eigenvalue weighted by Crippen LogP contribution is -2.05. The van der Waals surface area contributed by atoms with Crippen LogP contribution in [0.25, 0.3) is 0 Å². The molecule has 0 unspecified atom stereocenters. The fraction of sp³-hybridized carbons (Fsp3) is 0.871. The molecule has 0 saturated carbocycles. The summed E-state index contributed by atoms with van der Waals surface area (Å²) in [7, 11) is 0. The fourth-order valence-electron chi connectivity index (χ4n) is 4.06. The quantitative estimate of drug-likeness (QED) is 0.0724. The maximum atomic E-state index is 11.8. The summed E-state index contributed by atoms with van der Waals surface area (Å²) in [4.78, 5) is 23.5. The standard InChI is InChI=1S/C31H56O4/c1-3-5-7-9-11-12-13-14-17-21-25-29-35-31(33)27-23-19-16-15-18-22-26-30(32)34-28-24-20-10-8-6-4-2/h3-20,22-24,26-29H2,1-2H3. The van der Waals surface area contributed by atoms with Crippen molar-refractivity contribution in [3.63, 3.8) is 0 Å². The second-order valence-electron chi connectivity index (χ2n) is 9.85. The summed E-state index contributed by atoms with van der Waals surface area (Å²) in [5.41, 5.74) is 0. The Bertz CT molecular complexity index is 532. The minimum atomic E-state index is -0.139. The highest BCUT2D eigenvalue weighted by atomic mass is 16.5. The molecule has 0 aliphatic rings. The van der Waals surface area contributed by atoms with Gasteiger partial charge in [0.15, 0.2) is 6.61 Å². The van der Waals surface area contributed by atoms with Crippen molar-refractivity contribution < 1.29 is 19.1 Å². The van der Waals surface area contributed by atoms with E-state index < -0.39 is 0 Å². The first kappa shape index (κ1) is 33.5. The first-order valence-corrected chi connectivity index (χ1v) is 15.0. The third-order valence-electron chi connectivity index (χ3n) is 6.36. The first-order chi connectivity index (χ1) is 17.2. The number of esters is 2. The average molecular weight is 493 g/mol. The Morgan fingerprint density at radius 3 is 1.46 bits per heavy atom. The molecule has 0 rings (SSSR count). The molecule has 4 nitrogen and oxygen atoms in total. The van der Waals surface area contributed by atoms with Gasteiger partial charge in [-0.2, -0.15) is 0 Å². The molecule has 0 aromatic carbocycles. The summed E-state index contributed by atoms with van der Waals surface area (Å²) in [6.07, 6.45) is 25.7. The number of ether oxygens (including phenoxy) is 2. The van der Waals surface area contributed by atoms with Crippen molar-refractivity contribution in [2.75, 3.05) is 13.2 Å². The van der Waals surface area contributed by atoms with Crippen LogP contribution < -0.4 is 0 Å². The van der Waals surface area contributed by atoms with E-state index in [0.29, 0.717) is 19.4 Å². The van der Waals surface area contributed by atoms with E-state index in [1.807, 2.05) is 0 Å². The topological polar surface area (TPSA) is 52.6 Å². The minimum Gasteiger partial charge on any atom is -0.466 e. The second-order valence-corrected chi connectivity index (χ2v) is 9.85. The summed E-state index contributed by atoms with van der Waals surface area (Å²) in [6.45, 7) is 5.27. The van der Waals surface area contributed by atoms with Crippen LogP contribution in [0.2, 0.25) is 0 Å². The van der Waals surface area contributed by atoms with E-state index in [1.165, 1.54) is 70.6 Å². The first-order valence-electron chi connectivity index (χ1n) is 15.0. The van der Waals surface area contributed by atoms with Gasteiger partial charge < -0.3 is 9.47 Å². The number of rotatable bonds is 25. The van der Waals surface area contributed by atoms with Gasteiger partial charge in [0.25, 0.3) is 0 Å². The molecule has 0 heterocycles. The molecule has 0 aromatic rings. The number of carbonyl (C=O) groups is 2. The van der Waals surface area contributed by atoms with Crippen LogP contribution in [-0.4, -0.2) is 25.2 Å². The zero-order chi connectivity index (χ0) is 25.7. The van der Waals surface area contributed by atoms with Crippen LogP contribution in [0.15, 0.2) is 0 Å². The average Bonchev–Trinajstić information content (AvgIpc) is 2.85. The van der Waals surface area contributed by atoms with E-state index in [2.05, 4.69) is 25.7 Å². The summed E-state index contributed by atoms with van der Waals surface area (Å²) in [5, 5.41) is 0. The molecular weight excluding hydrogens is 436 g/mol. The maximum Gasteiger partial charge on any atom is 0.306 e. The third-order valence-corrected chi connectivity index (χ3v) is 6.36. The maximum absolute atomic E-state index is 11.8. The van der Waals surface area contributed by atoms with Gasteiger partial charge in [-0.05, 0) is 25.7 Å². The number of unbranched alkanes of at least 4 members (excludes halogenated alkanes) is 18. The molecule has 0 atom stereocenters. The summed E-state index contributed by atoms with van der Waals surface area (Å²) < 4.78 is 10.5. The van der Waals surface area contributed by atoms with E-state index in [1.54, 1.807) is 0 Å². The van der Waals surface area contributed by atoms with Crippen LogP contribution in [0.5, 0.6) is 0 Å². The Morgan fingerprint density at radius 1 is 0.486 bits per heavy atom. The normalized spacial score (nSPS) is 10.6. The molecule has 0 saturated heterocycles. The molecule has 0 aliphatic carbocycles. The summed E-state index contributed by atoms with van der Waals surface area (Å²) in [6, 6.07) is 0. The van der Waals surface area contributed by atoms with Gasteiger partial charge in [-0.15, -0.1) is 0 Å². The second kappa shape index (κ2) is 28.7. The van der Waals surface area contributed by atoms with E-state index in [-0.39, 0.29) is 18.5 Å². The van der Waals surface area contributed by atoms with E-state index in [0.717, 1.165) is 64.2 Å². The molecule has 0 fully saturated rings. The van der Waals surface area contributed by atoms with Crippen LogP contribution in [0.3, 0.4) is 0 Å². The van der Waals surface area contributed by atoms with Crippen molar-refractivity contribution in [3.8, 4) is 11.8 Å². The number of hydrogen-bond acceptors (Lipinski definition) is 4. The Hall–Kier alpha value is -1.50. The van der Waals surface area contributed by atoms with Crippen LogP contribution in [-0.2, 0) is 19.1 Å². The molecule has 0 spiro atoms. The van der Waals surface area contributed by atoms with Gasteiger partial charge in [0, 0.05) is 19.3 Å². The smallest absolute Gasteiger partial charge is 0.306 e. The Labute approximate surface area is 217 Å². The third kappa shape index (κ3) is 28.6. The van der Waals surface area contributed by atoms with Crippen LogP contribution >= 0.6 is 0 Å². The van der Waals surface area contributed by atoms with Crippen molar-refractivity contribution >= 4 is 11.9 Å². The molecule has 0 aliphatic heterocycles. The predicted octanol–water partition coefficient (Wildman–Crippen LogP) is 9.09. The molecule has 0 amide bonds. The number of hydrogen-bond donors (Lipinski definition) is 0. The summed E-state index contributed by atoms with van der Waals surface area (Å²) in [5.74, 6) is 5.89. The van der Waals surface area contributed by atoms with Crippen LogP contribution in [0, 0.1) is 11.8 Å². The van der Waals surface area contributed by atoms with E-state index in [4.69, 9.17) is 9.47 Å². The van der Waals surface area contributed by atoms with E-state index in [9.17, 15) is 9.59 Å². The fourth-order valence-corrected chi connectivity index (χ4v) is 4.06. The van der Waals surface area contributed by atoms with Gasteiger partial charge >= 0.3 is 11.9 Å². The van der Waals surface area contributed by atoms with Crippen molar-refractivity contribution in [3.05, 3.63) is 0 Å². The molecular formula is C31H56O4. The van der Waals surface area contributed by atoms with Crippen molar-refractivity contribution in [1.82, 2.24) is 0 Å². The molecule has 0 radical (unpaired) electrons. The molecule has 204 valence electrons. The zero-order valence-corrected chi connectivity index (χ0v) is 23.3. The lowest BCUT2D eigenvalue weighted by molar-refractivity contribution is -0.144. The highest BCUT2D eigenvalue weighted by Gasteiger charge is 2.04. The van der Waals surface area contributed by atoms with Gasteiger partial charge in [0.05, 0.1) is 6.61 Å². The summed E-state index contributed by atoms with van der Waals surface area (Å²) >= 11 is 0. The van der Waals surface area contributed by atoms with Gasteiger partial charge in [-0.1, -0.05) is 128 Å². The monoisotopic (exact) mass is 492 g/mol. The zero-order valence-electron chi connectivity index (χ0n) is 23.3. The number of carbonyl (C=O) groups excluding carboxylic acids is 2. The minimum absolute atomic E-state index is 0.0535. The lowest BCUT2D eigenvalue weighted by Gasteiger charge is -2.05. The Balaban J connectivity index is 3.33. The van der Waals surface area contributed by atoms with Crippen molar-refractivity contribution in [2.24, 2.45) is 0 Å². The van der Waals surface area contributed by atoms with Gasteiger partial charge in [-0.25, -0.2) is 0 Å². The Kier molecular flexibility index (Phi) is 27.5. The Morgan fingerprint density at radius 2 is 0.914 bits per heavy atom. The molecule has 35 heavy (non-hydrogen) atoms. The predicted molar refractivity (Wildman–Crippen MR) is 147 cm³/mol. The van der Waals surface area contributed by atoms with E-state index >= 15 is 0 Å². The van der Waals surface area contributed by atoms with Gasteiger partial charge in [0.2, 0.25) is 0 Å². The highest BCUT2D eigenvalue weighted by Crippen LogP contribution is 2.11. The molecule has 0 N–H and O–H groups in total. The van der Waals surface area contributed by atoms with Crippen molar-refractivity contribution in [1.29, 1.82) is 0 Å². The molecule has 0 aromatic heterocycles. The van der Waals surface area contributed by atoms with Crippen molar-refractivity contribution in [2.45, 2.75) is 162 Å².